The van der Waals surface area contributed by atoms with E-state index in [9.17, 15) is 9.59 Å². The van der Waals surface area contributed by atoms with Gasteiger partial charge in [-0.05, 0) is 43.3 Å². The quantitative estimate of drug-likeness (QED) is 0.551. The maximum atomic E-state index is 11.6. The molecule has 0 bridgehead atoms. The molecule has 0 atom stereocenters. The highest BCUT2D eigenvalue weighted by Crippen LogP contribution is 2.26. The molecule has 0 N–H and O–H groups in total. The van der Waals surface area contributed by atoms with Gasteiger partial charge in [0, 0.05) is 17.8 Å². The van der Waals surface area contributed by atoms with Gasteiger partial charge in [0.2, 0.25) is 0 Å². The molecule has 0 fully saturated rings. The lowest BCUT2D eigenvalue weighted by Gasteiger charge is -2.09. The number of carbonyl (C=O) groups excluding carboxylic acids is 2. The molecule has 5 heteroatoms. The zero-order chi connectivity index (χ0) is 17.4. The second-order valence-corrected chi connectivity index (χ2v) is 5.19. The fourth-order valence-corrected chi connectivity index (χ4v) is 2.05. The molecular formula is C19H19NO4. The van der Waals surface area contributed by atoms with Gasteiger partial charge < -0.3 is 9.47 Å². The fraction of sp³-hybridized carbons (Fsp3) is 0.211. The predicted molar refractivity (Wildman–Crippen MR) is 90.9 cm³/mol. The molecule has 1 heterocycles. The lowest BCUT2D eigenvalue weighted by molar-refractivity contribution is -0.123. The maximum absolute atomic E-state index is 11.6. The van der Waals surface area contributed by atoms with Gasteiger partial charge in [-0.3, -0.25) is 14.6 Å². The molecule has 0 saturated heterocycles. The molecule has 0 aliphatic carbocycles. The molecule has 0 unspecified atom stereocenters. The number of nitrogens with zero attached hydrogens (tertiary/aromatic N) is 1. The number of hydrogen-bond acceptors (Lipinski definition) is 5. The normalized spacial score (nSPS) is 10.6. The molecule has 24 heavy (non-hydrogen) atoms. The average molecular weight is 325 g/mol. The summed E-state index contributed by atoms with van der Waals surface area (Å²) in [5.41, 5.74) is 1.56. The first-order valence-corrected chi connectivity index (χ1v) is 7.49. The van der Waals surface area contributed by atoms with Crippen LogP contribution in [-0.2, 0) is 16.2 Å². The van der Waals surface area contributed by atoms with E-state index in [-0.39, 0.29) is 18.0 Å². The number of Topliss-reactive ketones (excluding diaryl/α,β-unsaturated/α-hetero) is 1. The van der Waals surface area contributed by atoms with Crippen LogP contribution in [0.4, 0.5) is 0 Å². The summed E-state index contributed by atoms with van der Waals surface area (Å²) in [7, 11) is 1.55. The Morgan fingerprint density at radius 3 is 2.71 bits per heavy atom. The lowest BCUT2D eigenvalue weighted by atomic mass is 10.1. The monoisotopic (exact) mass is 325 g/mol. The van der Waals surface area contributed by atoms with Crippen molar-refractivity contribution in [1.82, 2.24) is 4.98 Å². The van der Waals surface area contributed by atoms with Gasteiger partial charge in [-0.15, -0.1) is 0 Å². The number of ether oxygens (including phenoxy) is 2. The third-order valence-corrected chi connectivity index (χ3v) is 3.19. The van der Waals surface area contributed by atoms with Gasteiger partial charge in [0.05, 0.1) is 19.2 Å². The minimum Gasteiger partial charge on any atom is -0.496 e. The number of hydrogen-bond donors (Lipinski definition) is 0. The van der Waals surface area contributed by atoms with E-state index in [0.29, 0.717) is 18.1 Å². The molecule has 0 aliphatic rings. The second-order valence-electron chi connectivity index (χ2n) is 5.19. The van der Waals surface area contributed by atoms with Crippen molar-refractivity contribution in [3.63, 3.8) is 0 Å². The van der Waals surface area contributed by atoms with Gasteiger partial charge in [0.25, 0.3) is 0 Å². The Labute approximate surface area is 140 Å². The van der Waals surface area contributed by atoms with Crippen LogP contribution in [0.2, 0.25) is 0 Å². The zero-order valence-electron chi connectivity index (χ0n) is 13.7. The van der Waals surface area contributed by atoms with E-state index < -0.39 is 0 Å². The second kappa shape index (κ2) is 8.62. The van der Waals surface area contributed by atoms with Crippen LogP contribution >= 0.6 is 0 Å². The highest BCUT2D eigenvalue weighted by Gasteiger charge is 2.05. The SMILES string of the molecule is COc1cc(OCc2ccccn2)ccc1/C=C/C(=O)CC(C)=O. The van der Waals surface area contributed by atoms with Crippen LogP contribution < -0.4 is 9.47 Å². The summed E-state index contributed by atoms with van der Waals surface area (Å²) in [5.74, 6) is 0.833. The molecule has 0 radical (unpaired) electrons. The molecule has 5 nitrogen and oxygen atoms in total. The molecule has 124 valence electrons. The van der Waals surface area contributed by atoms with Crippen LogP contribution in [0.3, 0.4) is 0 Å². The van der Waals surface area contributed by atoms with Crippen molar-refractivity contribution in [3.05, 3.63) is 59.9 Å². The Morgan fingerprint density at radius 2 is 2.04 bits per heavy atom. The molecule has 2 aromatic rings. The summed E-state index contributed by atoms with van der Waals surface area (Å²) in [6.45, 7) is 1.75. The summed E-state index contributed by atoms with van der Waals surface area (Å²) in [6, 6.07) is 11.0. The van der Waals surface area contributed by atoms with E-state index >= 15 is 0 Å². The first kappa shape index (κ1) is 17.4. The van der Waals surface area contributed by atoms with Crippen molar-refractivity contribution in [2.45, 2.75) is 20.0 Å². The third-order valence-electron chi connectivity index (χ3n) is 3.19. The van der Waals surface area contributed by atoms with Crippen LogP contribution in [-0.4, -0.2) is 23.7 Å². The van der Waals surface area contributed by atoms with Gasteiger partial charge in [-0.1, -0.05) is 6.07 Å². The summed E-state index contributed by atoms with van der Waals surface area (Å²) in [6.07, 6.45) is 4.63. The van der Waals surface area contributed by atoms with Gasteiger partial charge in [0.15, 0.2) is 5.78 Å². The molecule has 0 amide bonds. The van der Waals surface area contributed by atoms with Gasteiger partial charge >= 0.3 is 0 Å². The van der Waals surface area contributed by atoms with Crippen molar-refractivity contribution in [1.29, 1.82) is 0 Å². The zero-order valence-corrected chi connectivity index (χ0v) is 13.7. The van der Waals surface area contributed by atoms with Crippen LogP contribution in [0.25, 0.3) is 6.08 Å². The highest BCUT2D eigenvalue weighted by atomic mass is 16.5. The van der Waals surface area contributed by atoms with E-state index in [0.717, 1.165) is 11.3 Å². The molecule has 0 spiro atoms. The Bertz CT molecular complexity index is 738. The first-order valence-electron chi connectivity index (χ1n) is 7.49. The minimum absolute atomic E-state index is 0.0932. The highest BCUT2D eigenvalue weighted by molar-refractivity contribution is 6.05. The smallest absolute Gasteiger partial charge is 0.163 e. The van der Waals surface area contributed by atoms with Gasteiger partial charge in [-0.2, -0.15) is 0 Å². The van der Waals surface area contributed by atoms with Gasteiger partial charge in [0.1, 0.15) is 23.9 Å². The van der Waals surface area contributed by atoms with Crippen molar-refractivity contribution in [2.75, 3.05) is 7.11 Å². The van der Waals surface area contributed by atoms with E-state index in [4.69, 9.17) is 9.47 Å². The van der Waals surface area contributed by atoms with E-state index in [1.54, 1.807) is 37.6 Å². The number of methoxy groups -OCH3 is 1. The molecule has 1 aromatic heterocycles. The summed E-state index contributed by atoms with van der Waals surface area (Å²) < 4.78 is 11.0. The largest absolute Gasteiger partial charge is 0.496 e. The Morgan fingerprint density at radius 1 is 1.21 bits per heavy atom. The first-order chi connectivity index (χ1) is 11.6. The van der Waals surface area contributed by atoms with E-state index in [1.807, 2.05) is 18.2 Å². The van der Waals surface area contributed by atoms with Crippen LogP contribution in [0, 0.1) is 0 Å². The predicted octanol–water partition coefficient (Wildman–Crippen LogP) is 3.23. The number of benzene rings is 1. The van der Waals surface area contributed by atoms with Crippen molar-refractivity contribution >= 4 is 17.6 Å². The van der Waals surface area contributed by atoms with Crippen LogP contribution in [0.1, 0.15) is 24.6 Å². The maximum Gasteiger partial charge on any atom is 0.163 e. The number of pyridine rings is 1. The minimum atomic E-state index is -0.236. The Balaban J connectivity index is 2.05. The molecular weight excluding hydrogens is 306 g/mol. The van der Waals surface area contributed by atoms with Gasteiger partial charge in [-0.25, -0.2) is 0 Å². The Kier molecular flexibility index (Phi) is 6.25. The number of rotatable bonds is 8. The molecule has 1 aromatic carbocycles. The number of allylic oxidation sites excluding steroid dienone is 1. The summed E-state index contributed by atoms with van der Waals surface area (Å²) in [5, 5.41) is 0. The summed E-state index contributed by atoms with van der Waals surface area (Å²) in [4.78, 5) is 26.7. The van der Waals surface area contributed by atoms with E-state index in [2.05, 4.69) is 4.98 Å². The molecule has 0 saturated carbocycles. The standard InChI is InChI=1S/C19H19NO4/c1-14(21)11-17(22)8-6-15-7-9-18(12-19(15)23-2)24-13-16-5-3-4-10-20-16/h3-10,12H,11,13H2,1-2H3/b8-6+. The fourth-order valence-electron chi connectivity index (χ4n) is 2.05. The van der Waals surface area contributed by atoms with Crippen molar-refractivity contribution in [3.8, 4) is 11.5 Å². The molecule has 0 aliphatic heterocycles. The van der Waals surface area contributed by atoms with Crippen LogP contribution in [0.15, 0.2) is 48.7 Å². The average Bonchev–Trinajstić information content (AvgIpc) is 2.58. The lowest BCUT2D eigenvalue weighted by Crippen LogP contribution is -2.00. The summed E-state index contributed by atoms with van der Waals surface area (Å²) >= 11 is 0. The number of aromatic nitrogens is 1. The third kappa shape index (κ3) is 5.35. The number of ketones is 2. The number of carbonyl (C=O) groups is 2. The van der Waals surface area contributed by atoms with Crippen molar-refractivity contribution < 1.29 is 19.1 Å². The van der Waals surface area contributed by atoms with Crippen LogP contribution in [0.5, 0.6) is 11.5 Å². The molecule has 2 rings (SSSR count). The van der Waals surface area contributed by atoms with E-state index in [1.165, 1.54) is 13.0 Å². The Hall–Kier alpha value is -2.95. The van der Waals surface area contributed by atoms with Crippen molar-refractivity contribution in [2.24, 2.45) is 0 Å². The topological polar surface area (TPSA) is 65.5 Å².